The Balaban J connectivity index is 2.46. The third-order valence-corrected chi connectivity index (χ3v) is 3.01. The Kier molecular flexibility index (Phi) is 4.20. The van der Waals surface area contributed by atoms with Crippen molar-refractivity contribution >= 4 is 0 Å². The highest BCUT2D eigenvalue weighted by Crippen LogP contribution is 2.22. The molecule has 2 unspecified atom stereocenters. The van der Waals surface area contributed by atoms with E-state index in [0.717, 1.165) is 17.9 Å². The highest BCUT2D eigenvalue weighted by molar-refractivity contribution is 4.83. The predicted molar refractivity (Wildman–Crippen MR) is 57.9 cm³/mol. The molecule has 0 aromatic carbocycles. The zero-order valence-electron chi connectivity index (χ0n) is 9.51. The van der Waals surface area contributed by atoms with Gasteiger partial charge in [0.05, 0.1) is 0 Å². The topological polar surface area (TPSA) is 15.3 Å². The first-order chi connectivity index (χ1) is 6.11. The van der Waals surface area contributed by atoms with E-state index < -0.39 is 0 Å². The fraction of sp³-hybridized carbons (Fsp3) is 1.00. The van der Waals surface area contributed by atoms with E-state index >= 15 is 0 Å². The van der Waals surface area contributed by atoms with Gasteiger partial charge >= 0.3 is 0 Å². The molecular weight excluding hydrogens is 160 g/mol. The summed E-state index contributed by atoms with van der Waals surface area (Å²) in [5, 5.41) is 3.50. The lowest BCUT2D eigenvalue weighted by atomic mass is 9.86. The van der Waals surface area contributed by atoms with Gasteiger partial charge in [0.25, 0.3) is 0 Å². The molecule has 0 bridgehead atoms. The van der Waals surface area contributed by atoms with Crippen molar-refractivity contribution in [1.29, 1.82) is 0 Å². The maximum absolute atomic E-state index is 3.50. The van der Waals surface area contributed by atoms with Crippen LogP contribution in [0.4, 0.5) is 0 Å². The van der Waals surface area contributed by atoms with Gasteiger partial charge in [-0.25, -0.2) is 0 Å². The average Bonchev–Trinajstić information content (AvgIpc) is 2.03. The second kappa shape index (κ2) is 4.97. The number of hydrogen-bond donors (Lipinski definition) is 1. The molecule has 1 fully saturated rings. The molecule has 0 spiro atoms. The lowest BCUT2D eigenvalue weighted by Crippen LogP contribution is -2.47. The van der Waals surface area contributed by atoms with Gasteiger partial charge in [-0.15, -0.1) is 0 Å². The first-order valence-corrected chi connectivity index (χ1v) is 5.48. The maximum atomic E-state index is 3.50. The van der Waals surface area contributed by atoms with E-state index in [9.17, 15) is 0 Å². The van der Waals surface area contributed by atoms with Gasteiger partial charge in [0.15, 0.2) is 0 Å². The molecule has 2 nitrogen and oxygen atoms in total. The molecule has 0 saturated carbocycles. The molecule has 2 atom stereocenters. The summed E-state index contributed by atoms with van der Waals surface area (Å²) in [6.45, 7) is 7.04. The molecule has 1 saturated heterocycles. The van der Waals surface area contributed by atoms with E-state index in [2.05, 4.69) is 38.2 Å². The first kappa shape index (κ1) is 11.0. The number of piperidine rings is 1. The molecular formula is C11H24N2. The average molecular weight is 184 g/mol. The smallest absolute Gasteiger partial charge is 0.0142 e. The third-order valence-electron chi connectivity index (χ3n) is 3.01. The molecule has 13 heavy (non-hydrogen) atoms. The molecule has 2 heteroatoms. The van der Waals surface area contributed by atoms with Crippen molar-refractivity contribution in [3.05, 3.63) is 0 Å². The van der Waals surface area contributed by atoms with Crippen molar-refractivity contribution in [2.45, 2.75) is 32.7 Å². The summed E-state index contributed by atoms with van der Waals surface area (Å²) in [4.78, 5) is 2.40. The van der Waals surface area contributed by atoms with Crippen LogP contribution in [0.25, 0.3) is 0 Å². The SMILES string of the molecule is CC(C)CC1CNCCC1N(C)C. The summed E-state index contributed by atoms with van der Waals surface area (Å²) in [6.07, 6.45) is 2.67. The second-order valence-corrected chi connectivity index (χ2v) is 4.91. The summed E-state index contributed by atoms with van der Waals surface area (Å²) < 4.78 is 0. The molecule has 0 aromatic rings. The van der Waals surface area contributed by atoms with Crippen molar-refractivity contribution in [1.82, 2.24) is 10.2 Å². The minimum atomic E-state index is 0.795. The van der Waals surface area contributed by atoms with Gasteiger partial charge in [-0.2, -0.15) is 0 Å². The molecule has 0 aliphatic carbocycles. The molecule has 1 aliphatic heterocycles. The summed E-state index contributed by atoms with van der Waals surface area (Å²) in [6, 6.07) is 0.795. The Morgan fingerprint density at radius 3 is 2.62 bits per heavy atom. The predicted octanol–water partition coefficient (Wildman–Crippen LogP) is 1.57. The number of nitrogens with zero attached hydrogens (tertiary/aromatic N) is 1. The van der Waals surface area contributed by atoms with Gasteiger partial charge < -0.3 is 10.2 Å². The molecule has 0 aromatic heterocycles. The monoisotopic (exact) mass is 184 g/mol. The van der Waals surface area contributed by atoms with Crippen molar-refractivity contribution in [2.75, 3.05) is 27.2 Å². The first-order valence-electron chi connectivity index (χ1n) is 5.48. The second-order valence-electron chi connectivity index (χ2n) is 4.91. The van der Waals surface area contributed by atoms with E-state index in [0.29, 0.717) is 0 Å². The van der Waals surface area contributed by atoms with E-state index in [1.54, 1.807) is 0 Å². The Hall–Kier alpha value is -0.0800. The molecule has 1 rings (SSSR count). The van der Waals surface area contributed by atoms with Gasteiger partial charge in [-0.3, -0.25) is 0 Å². The Morgan fingerprint density at radius 2 is 2.08 bits per heavy atom. The molecule has 78 valence electrons. The Morgan fingerprint density at radius 1 is 1.38 bits per heavy atom. The summed E-state index contributed by atoms with van der Waals surface area (Å²) in [5.74, 6) is 1.68. The molecule has 1 aliphatic rings. The van der Waals surface area contributed by atoms with Crippen molar-refractivity contribution in [3.8, 4) is 0 Å². The highest BCUT2D eigenvalue weighted by atomic mass is 15.1. The van der Waals surface area contributed by atoms with E-state index in [1.807, 2.05) is 0 Å². The standard InChI is InChI=1S/C11H24N2/c1-9(2)7-10-8-12-6-5-11(10)13(3)4/h9-12H,5-8H2,1-4H3. The molecule has 0 amide bonds. The summed E-state index contributed by atoms with van der Waals surface area (Å²) >= 11 is 0. The van der Waals surface area contributed by atoms with E-state index in [-0.39, 0.29) is 0 Å². The lowest BCUT2D eigenvalue weighted by molar-refractivity contribution is 0.149. The van der Waals surface area contributed by atoms with Crippen molar-refractivity contribution < 1.29 is 0 Å². The van der Waals surface area contributed by atoms with Crippen LogP contribution in [0.2, 0.25) is 0 Å². The van der Waals surface area contributed by atoms with Crippen LogP contribution in [-0.4, -0.2) is 38.1 Å². The summed E-state index contributed by atoms with van der Waals surface area (Å²) in [7, 11) is 4.42. The van der Waals surface area contributed by atoms with Crippen LogP contribution in [0.1, 0.15) is 26.7 Å². The van der Waals surface area contributed by atoms with Gasteiger partial charge in [0.2, 0.25) is 0 Å². The summed E-state index contributed by atoms with van der Waals surface area (Å²) in [5.41, 5.74) is 0. The molecule has 1 heterocycles. The number of nitrogens with one attached hydrogen (secondary N) is 1. The van der Waals surface area contributed by atoms with E-state index in [4.69, 9.17) is 0 Å². The van der Waals surface area contributed by atoms with Gasteiger partial charge in [0, 0.05) is 6.04 Å². The number of rotatable bonds is 3. The van der Waals surface area contributed by atoms with Crippen molar-refractivity contribution in [2.24, 2.45) is 11.8 Å². The van der Waals surface area contributed by atoms with Crippen LogP contribution in [0.3, 0.4) is 0 Å². The largest absolute Gasteiger partial charge is 0.316 e. The van der Waals surface area contributed by atoms with Crippen LogP contribution in [0.15, 0.2) is 0 Å². The molecule has 0 radical (unpaired) electrons. The van der Waals surface area contributed by atoms with Gasteiger partial charge in [-0.1, -0.05) is 13.8 Å². The minimum Gasteiger partial charge on any atom is -0.316 e. The van der Waals surface area contributed by atoms with Gasteiger partial charge in [-0.05, 0) is 51.9 Å². The zero-order valence-corrected chi connectivity index (χ0v) is 9.51. The third kappa shape index (κ3) is 3.28. The Bertz CT molecular complexity index is 143. The normalized spacial score (nSPS) is 30.0. The maximum Gasteiger partial charge on any atom is 0.0142 e. The van der Waals surface area contributed by atoms with E-state index in [1.165, 1.54) is 25.9 Å². The van der Waals surface area contributed by atoms with Crippen LogP contribution in [0, 0.1) is 11.8 Å². The number of hydrogen-bond acceptors (Lipinski definition) is 2. The Labute approximate surface area is 82.7 Å². The zero-order chi connectivity index (χ0) is 9.84. The lowest BCUT2D eigenvalue weighted by Gasteiger charge is -2.37. The van der Waals surface area contributed by atoms with Crippen LogP contribution in [0.5, 0.6) is 0 Å². The van der Waals surface area contributed by atoms with Crippen LogP contribution >= 0.6 is 0 Å². The fourth-order valence-corrected chi connectivity index (χ4v) is 2.43. The van der Waals surface area contributed by atoms with Crippen molar-refractivity contribution in [3.63, 3.8) is 0 Å². The fourth-order valence-electron chi connectivity index (χ4n) is 2.43. The van der Waals surface area contributed by atoms with Crippen LogP contribution < -0.4 is 5.32 Å². The van der Waals surface area contributed by atoms with Crippen LogP contribution in [-0.2, 0) is 0 Å². The minimum absolute atomic E-state index is 0.795. The quantitative estimate of drug-likeness (QED) is 0.716. The highest BCUT2D eigenvalue weighted by Gasteiger charge is 2.26. The van der Waals surface area contributed by atoms with Gasteiger partial charge in [0.1, 0.15) is 0 Å². The molecule has 1 N–H and O–H groups in total.